The first-order chi connectivity index (χ1) is 18.6. The fourth-order valence-corrected chi connectivity index (χ4v) is 6.81. The van der Waals surface area contributed by atoms with Crippen molar-refractivity contribution in [1.82, 2.24) is 25.0 Å². The second-order valence-electron chi connectivity index (χ2n) is 9.39. The highest BCUT2D eigenvalue weighted by atomic mass is 32.2. The molecule has 1 aromatic rings. The number of likely N-dealkylation sites (tertiary alicyclic amines) is 2. The third-order valence-corrected chi connectivity index (χ3v) is 8.88. The minimum absolute atomic E-state index is 0.00907. The first kappa shape index (κ1) is 26.5. The topological polar surface area (TPSA) is 232 Å². The number of oxime groups is 1. The Bertz CT molecular complexity index is 1370. The number of anilines is 1. The van der Waals surface area contributed by atoms with Gasteiger partial charge in [-0.1, -0.05) is 5.16 Å². The van der Waals surface area contributed by atoms with Gasteiger partial charge in [0.25, 0.3) is 11.8 Å². The molecule has 4 aliphatic heterocycles. The van der Waals surface area contributed by atoms with E-state index in [1.807, 2.05) is 0 Å². The summed E-state index contributed by atoms with van der Waals surface area (Å²) >= 11 is 2.30. The molecule has 8 N–H and O–H groups in total. The van der Waals surface area contributed by atoms with E-state index in [2.05, 4.69) is 15.5 Å². The number of fused-ring (bicyclic) bond motifs is 1. The van der Waals surface area contributed by atoms with Crippen molar-refractivity contribution in [3.05, 3.63) is 34.0 Å². The summed E-state index contributed by atoms with van der Waals surface area (Å²) in [5.74, 6) is -2.56. The van der Waals surface area contributed by atoms with Crippen molar-refractivity contribution in [1.29, 1.82) is 5.41 Å². The summed E-state index contributed by atoms with van der Waals surface area (Å²) in [4.78, 5) is 59.3. The predicted molar refractivity (Wildman–Crippen MR) is 141 cm³/mol. The number of aliphatic carboxylic acids is 1. The minimum atomic E-state index is -1.32. The number of nitrogens with zero attached hydrogens (tertiary/aromatic N) is 5. The summed E-state index contributed by atoms with van der Waals surface area (Å²) in [6, 6.07) is -1.04. The van der Waals surface area contributed by atoms with Gasteiger partial charge in [-0.15, -0.1) is 23.1 Å². The van der Waals surface area contributed by atoms with Crippen LogP contribution in [0.15, 0.2) is 33.5 Å². The normalized spacial score (nSPS) is 24.6. The Morgan fingerprint density at radius 3 is 2.69 bits per heavy atom. The summed E-state index contributed by atoms with van der Waals surface area (Å²) in [6.07, 6.45) is 2.00. The van der Waals surface area contributed by atoms with Gasteiger partial charge in [0, 0.05) is 48.8 Å². The maximum absolute atomic E-state index is 13.0. The van der Waals surface area contributed by atoms with Crippen molar-refractivity contribution < 1.29 is 29.5 Å². The van der Waals surface area contributed by atoms with E-state index in [-0.39, 0.29) is 40.1 Å². The molecule has 3 fully saturated rings. The number of guanidine groups is 1. The van der Waals surface area contributed by atoms with Gasteiger partial charge in [0.05, 0.1) is 0 Å². The van der Waals surface area contributed by atoms with Crippen LogP contribution in [0.4, 0.5) is 5.13 Å². The Balaban J connectivity index is 1.27. The maximum Gasteiger partial charge on any atom is 0.352 e. The van der Waals surface area contributed by atoms with E-state index in [0.717, 1.165) is 16.2 Å². The quantitative estimate of drug-likeness (QED) is 0.0554. The molecule has 1 aromatic heterocycles. The van der Waals surface area contributed by atoms with Crippen molar-refractivity contribution in [3.8, 4) is 0 Å². The monoisotopic (exact) mass is 575 g/mol. The van der Waals surface area contributed by atoms with E-state index in [4.69, 9.17) is 16.9 Å². The highest BCUT2D eigenvalue weighted by Crippen LogP contribution is 2.41. The number of hydrogen-bond donors (Lipinski definition) is 6. The van der Waals surface area contributed by atoms with Crippen molar-refractivity contribution in [2.75, 3.05) is 37.7 Å². The number of carboxylic acid groups (broad SMARTS) is 1. The zero-order chi connectivity index (χ0) is 28.0. The molecular weight excluding hydrogens is 550 g/mol. The Morgan fingerprint density at radius 1 is 1.33 bits per heavy atom. The third-order valence-electron chi connectivity index (χ3n) is 6.90. The van der Waals surface area contributed by atoms with E-state index in [1.54, 1.807) is 15.9 Å². The summed E-state index contributed by atoms with van der Waals surface area (Å²) in [6.45, 7) is 2.26. The molecule has 0 unspecified atom stereocenters. The van der Waals surface area contributed by atoms with Gasteiger partial charge in [0.2, 0.25) is 5.91 Å². The van der Waals surface area contributed by atoms with Crippen LogP contribution in [0, 0.1) is 11.3 Å². The van der Waals surface area contributed by atoms with Crippen LogP contribution in [0.3, 0.4) is 0 Å². The molecule has 4 aliphatic rings. The second-order valence-corrected chi connectivity index (χ2v) is 11.4. The number of carbonyl (C=O) groups excluding carboxylic acids is 3. The number of nitrogens with two attached hydrogens (primary N) is 2. The number of thiazole rings is 1. The average Bonchev–Trinajstić information content (AvgIpc) is 3.44. The number of carbonyl (C=O) groups is 4. The molecule has 0 bridgehead atoms. The van der Waals surface area contributed by atoms with Crippen LogP contribution in [-0.4, -0.2) is 109 Å². The molecule has 0 saturated carbocycles. The van der Waals surface area contributed by atoms with Gasteiger partial charge in [0.15, 0.2) is 16.8 Å². The Morgan fingerprint density at radius 2 is 2.08 bits per heavy atom. The lowest BCUT2D eigenvalue weighted by atomic mass is 10.00. The van der Waals surface area contributed by atoms with Gasteiger partial charge in [-0.25, -0.2) is 9.78 Å². The van der Waals surface area contributed by atoms with Crippen LogP contribution >= 0.6 is 23.1 Å². The van der Waals surface area contributed by atoms with Gasteiger partial charge in [-0.3, -0.25) is 24.7 Å². The fourth-order valence-electron chi connectivity index (χ4n) is 4.95. The SMILES string of the molecule is N=C(N)N1CC(CN2CC/C(=C\C3=C(C(=O)O)N4C(=O)[C@@H](NC(=O)/C(=N\O)c5csc(N)n5)[C@H]4SC3)C2=O)C1. The van der Waals surface area contributed by atoms with Crippen molar-refractivity contribution in [2.24, 2.45) is 16.8 Å². The largest absolute Gasteiger partial charge is 0.477 e. The fraction of sp³-hybridized carbons (Fsp3) is 0.409. The number of β-lactam (4-membered cyclic amide) rings is 1. The van der Waals surface area contributed by atoms with Crippen LogP contribution in [0.1, 0.15) is 12.1 Å². The molecule has 0 aliphatic carbocycles. The standard InChI is InChI=1S/C22H25N9O6S2/c23-21(24)30-5-9(6-30)4-29-2-1-10(17(29)33)3-11-7-38-19-14(18(34)31(19)15(11)20(35)36)27-16(32)13(28-37)12-8-39-22(25)26-12/h3,8-9,14,19,37H,1-2,4-7H2,(H3,23,24)(H2,25,26)(H,27,32)(H,35,36)/b10-3+,28-13-/t14-,19-/m1/s1. The van der Waals surface area contributed by atoms with E-state index in [0.29, 0.717) is 43.7 Å². The maximum atomic E-state index is 13.0. The number of aromatic nitrogens is 1. The molecule has 3 saturated heterocycles. The van der Waals surface area contributed by atoms with Gasteiger partial charge >= 0.3 is 5.97 Å². The number of nitrogen functional groups attached to an aromatic ring is 1. The lowest BCUT2D eigenvalue weighted by Crippen LogP contribution is -2.71. The smallest absolute Gasteiger partial charge is 0.352 e. The number of thioether (sulfide) groups is 1. The van der Waals surface area contributed by atoms with E-state index < -0.39 is 34.9 Å². The molecule has 5 rings (SSSR count). The van der Waals surface area contributed by atoms with E-state index in [1.165, 1.54) is 17.1 Å². The highest BCUT2D eigenvalue weighted by molar-refractivity contribution is 8.00. The second kappa shape index (κ2) is 10.2. The van der Waals surface area contributed by atoms with Crippen molar-refractivity contribution >= 4 is 63.6 Å². The number of hydrogen-bond acceptors (Lipinski definition) is 11. The summed E-state index contributed by atoms with van der Waals surface area (Å²) in [5.41, 5.74) is 11.2. The van der Waals surface area contributed by atoms with Crippen LogP contribution in [0.2, 0.25) is 0 Å². The van der Waals surface area contributed by atoms with Crippen LogP contribution in [-0.2, 0) is 19.2 Å². The van der Waals surface area contributed by atoms with Crippen molar-refractivity contribution in [3.63, 3.8) is 0 Å². The summed E-state index contributed by atoms with van der Waals surface area (Å²) in [5, 5.41) is 33.0. The first-order valence-electron chi connectivity index (χ1n) is 11.8. The molecular formula is C22H25N9O6S2. The Hall–Kier alpha value is -4.12. The zero-order valence-electron chi connectivity index (χ0n) is 20.4. The molecule has 3 amide bonds. The number of allylic oxidation sites excluding steroid dienone is 1. The molecule has 0 radical (unpaired) electrons. The molecule has 17 heteroatoms. The minimum Gasteiger partial charge on any atom is -0.477 e. The molecule has 15 nitrogen and oxygen atoms in total. The van der Waals surface area contributed by atoms with Gasteiger partial charge in [-0.05, 0) is 18.1 Å². The van der Waals surface area contributed by atoms with Gasteiger partial charge < -0.3 is 36.9 Å². The van der Waals surface area contributed by atoms with Crippen LogP contribution in [0.5, 0.6) is 0 Å². The predicted octanol–water partition coefficient (Wildman–Crippen LogP) is -1.37. The van der Waals surface area contributed by atoms with Crippen LogP contribution in [0.25, 0.3) is 0 Å². The molecule has 0 aromatic carbocycles. The molecule has 206 valence electrons. The molecule has 2 atom stereocenters. The summed E-state index contributed by atoms with van der Waals surface area (Å²) < 4.78 is 0. The molecule has 5 heterocycles. The molecule has 0 spiro atoms. The van der Waals surface area contributed by atoms with Gasteiger partial charge in [-0.2, -0.15) is 0 Å². The Labute approximate surface area is 229 Å². The summed E-state index contributed by atoms with van der Waals surface area (Å²) in [7, 11) is 0. The number of rotatable bonds is 7. The van der Waals surface area contributed by atoms with Crippen LogP contribution < -0.4 is 16.8 Å². The first-order valence-corrected chi connectivity index (χ1v) is 13.8. The number of carboxylic acids is 1. The third kappa shape index (κ3) is 4.78. The molecule has 39 heavy (non-hydrogen) atoms. The number of amides is 3. The lowest BCUT2D eigenvalue weighted by molar-refractivity contribution is -0.150. The zero-order valence-corrected chi connectivity index (χ0v) is 22.0. The van der Waals surface area contributed by atoms with E-state index in [9.17, 15) is 29.5 Å². The lowest BCUT2D eigenvalue weighted by Gasteiger charge is -2.49. The van der Waals surface area contributed by atoms with E-state index >= 15 is 0 Å². The Kier molecular flexibility index (Phi) is 6.94. The van der Waals surface area contributed by atoms with Crippen molar-refractivity contribution in [2.45, 2.75) is 17.8 Å². The van der Waals surface area contributed by atoms with Gasteiger partial charge in [0.1, 0.15) is 22.8 Å². The average molecular weight is 576 g/mol. The highest BCUT2D eigenvalue weighted by Gasteiger charge is 2.54. The number of nitrogens with one attached hydrogen (secondary N) is 2.